The molecule has 1 heterocycles. The first-order chi connectivity index (χ1) is 10.1. The van der Waals surface area contributed by atoms with E-state index in [-0.39, 0.29) is 18.5 Å². The van der Waals surface area contributed by atoms with Crippen LogP contribution in [-0.4, -0.2) is 36.5 Å². The van der Waals surface area contributed by atoms with Crippen molar-refractivity contribution in [2.24, 2.45) is 0 Å². The molecule has 0 bridgehead atoms. The molecule has 0 aliphatic heterocycles. The molecule has 0 spiro atoms. The maximum absolute atomic E-state index is 12.3. The Hall–Kier alpha value is -1.56. The highest BCUT2D eigenvalue weighted by Crippen LogP contribution is 2.24. The molecule has 0 saturated heterocycles. The standard InChI is InChI=1S/C15H18BrNO4/c1-20-15(19)10-17(11-4-2-3-5-11)14(18)9-7-12-6-8-13(16)21-12/h6-9,11H,2-5,10H2,1H3/b9-7+. The summed E-state index contributed by atoms with van der Waals surface area (Å²) in [4.78, 5) is 25.4. The Bertz CT molecular complexity index is 532. The highest BCUT2D eigenvalue weighted by molar-refractivity contribution is 9.10. The lowest BCUT2D eigenvalue weighted by atomic mass is 10.2. The van der Waals surface area contributed by atoms with Crippen molar-refractivity contribution in [1.82, 2.24) is 4.90 Å². The van der Waals surface area contributed by atoms with Crippen molar-refractivity contribution in [3.05, 3.63) is 28.6 Å². The molecule has 0 atom stereocenters. The molecule has 114 valence electrons. The van der Waals surface area contributed by atoms with Gasteiger partial charge in [-0.3, -0.25) is 9.59 Å². The van der Waals surface area contributed by atoms with E-state index in [2.05, 4.69) is 20.7 Å². The monoisotopic (exact) mass is 355 g/mol. The number of carbonyl (C=O) groups is 2. The van der Waals surface area contributed by atoms with Crippen LogP contribution >= 0.6 is 15.9 Å². The van der Waals surface area contributed by atoms with Gasteiger partial charge in [-0.15, -0.1) is 0 Å². The smallest absolute Gasteiger partial charge is 0.325 e. The van der Waals surface area contributed by atoms with Crippen LogP contribution < -0.4 is 0 Å². The number of carbonyl (C=O) groups excluding carboxylic acids is 2. The molecule has 1 aromatic rings. The Balaban J connectivity index is 2.05. The topological polar surface area (TPSA) is 59.8 Å². The first-order valence-electron chi connectivity index (χ1n) is 6.91. The fraction of sp³-hybridized carbons (Fsp3) is 0.467. The van der Waals surface area contributed by atoms with E-state index in [1.807, 2.05) is 0 Å². The summed E-state index contributed by atoms with van der Waals surface area (Å²) in [6.45, 7) is -0.00775. The highest BCUT2D eigenvalue weighted by atomic mass is 79.9. The Morgan fingerprint density at radius 3 is 2.71 bits per heavy atom. The van der Waals surface area contributed by atoms with Crippen LogP contribution in [0.4, 0.5) is 0 Å². The quantitative estimate of drug-likeness (QED) is 0.601. The zero-order valence-electron chi connectivity index (χ0n) is 11.9. The normalized spacial score (nSPS) is 15.5. The van der Waals surface area contributed by atoms with Gasteiger partial charge in [0.1, 0.15) is 12.3 Å². The van der Waals surface area contributed by atoms with E-state index in [0.717, 1.165) is 25.7 Å². The molecule has 0 N–H and O–H groups in total. The van der Waals surface area contributed by atoms with Crippen LogP contribution in [-0.2, 0) is 14.3 Å². The number of halogens is 1. The fourth-order valence-electron chi connectivity index (χ4n) is 2.47. The van der Waals surface area contributed by atoms with Crippen LogP contribution in [0.3, 0.4) is 0 Å². The van der Waals surface area contributed by atoms with Crippen LogP contribution in [0.25, 0.3) is 6.08 Å². The Labute approximate surface area is 132 Å². The van der Waals surface area contributed by atoms with Crippen molar-refractivity contribution < 1.29 is 18.7 Å². The summed E-state index contributed by atoms with van der Waals surface area (Å²) in [6.07, 6.45) is 7.08. The van der Waals surface area contributed by atoms with Gasteiger partial charge in [-0.25, -0.2) is 0 Å². The molecule has 21 heavy (non-hydrogen) atoms. The largest absolute Gasteiger partial charge is 0.468 e. The molecule has 0 radical (unpaired) electrons. The lowest BCUT2D eigenvalue weighted by molar-refractivity contribution is -0.146. The minimum absolute atomic E-state index is 0.00775. The molecule has 2 rings (SSSR count). The van der Waals surface area contributed by atoms with E-state index in [1.165, 1.54) is 13.2 Å². The number of nitrogens with zero attached hydrogens (tertiary/aromatic N) is 1. The van der Waals surface area contributed by atoms with Crippen LogP contribution in [0.5, 0.6) is 0 Å². The molecule has 1 aromatic heterocycles. The Morgan fingerprint density at radius 2 is 2.14 bits per heavy atom. The second-order valence-corrected chi connectivity index (χ2v) is 5.74. The lowest BCUT2D eigenvalue weighted by Crippen LogP contribution is -2.41. The summed E-state index contributed by atoms with van der Waals surface area (Å²) in [7, 11) is 1.33. The van der Waals surface area contributed by atoms with Crippen molar-refractivity contribution in [3.63, 3.8) is 0 Å². The van der Waals surface area contributed by atoms with E-state index in [4.69, 9.17) is 4.42 Å². The van der Waals surface area contributed by atoms with Gasteiger partial charge in [0.05, 0.1) is 7.11 Å². The summed E-state index contributed by atoms with van der Waals surface area (Å²) >= 11 is 3.21. The molecule has 6 heteroatoms. The first-order valence-corrected chi connectivity index (χ1v) is 7.70. The van der Waals surface area contributed by atoms with Crippen molar-refractivity contribution in [2.45, 2.75) is 31.7 Å². The van der Waals surface area contributed by atoms with Gasteiger partial charge in [0.2, 0.25) is 5.91 Å². The van der Waals surface area contributed by atoms with Crippen molar-refractivity contribution >= 4 is 33.9 Å². The summed E-state index contributed by atoms with van der Waals surface area (Å²) < 4.78 is 10.6. The van der Waals surface area contributed by atoms with E-state index in [1.54, 1.807) is 23.1 Å². The fourth-order valence-corrected chi connectivity index (χ4v) is 2.79. The lowest BCUT2D eigenvalue weighted by Gasteiger charge is -2.26. The summed E-state index contributed by atoms with van der Waals surface area (Å²) in [5.74, 6) is -0.0103. The van der Waals surface area contributed by atoms with Crippen molar-refractivity contribution in [1.29, 1.82) is 0 Å². The number of amides is 1. The minimum Gasteiger partial charge on any atom is -0.468 e. The molecule has 1 amide bonds. The number of methoxy groups -OCH3 is 1. The van der Waals surface area contributed by atoms with E-state index < -0.39 is 5.97 Å². The molecule has 1 aliphatic rings. The zero-order chi connectivity index (χ0) is 15.2. The van der Waals surface area contributed by atoms with Gasteiger partial charge in [0, 0.05) is 12.1 Å². The van der Waals surface area contributed by atoms with Crippen molar-refractivity contribution in [2.75, 3.05) is 13.7 Å². The third-order valence-electron chi connectivity index (χ3n) is 3.56. The maximum Gasteiger partial charge on any atom is 0.325 e. The Morgan fingerprint density at radius 1 is 1.43 bits per heavy atom. The van der Waals surface area contributed by atoms with Gasteiger partial charge in [-0.1, -0.05) is 12.8 Å². The van der Waals surface area contributed by atoms with Gasteiger partial charge in [-0.05, 0) is 47.0 Å². The predicted octanol–water partition coefficient (Wildman–Crippen LogP) is 3.00. The number of ether oxygens (including phenoxy) is 1. The van der Waals surface area contributed by atoms with Gasteiger partial charge in [0.25, 0.3) is 0 Å². The maximum atomic E-state index is 12.3. The number of hydrogen-bond acceptors (Lipinski definition) is 4. The second-order valence-electron chi connectivity index (χ2n) is 4.96. The summed E-state index contributed by atoms with van der Waals surface area (Å²) in [5, 5.41) is 0. The van der Waals surface area contributed by atoms with Gasteiger partial charge in [0.15, 0.2) is 4.67 Å². The predicted molar refractivity (Wildman–Crippen MR) is 81.4 cm³/mol. The summed E-state index contributed by atoms with van der Waals surface area (Å²) in [5.41, 5.74) is 0. The molecule has 5 nitrogen and oxygen atoms in total. The Kier molecular flexibility index (Phi) is 5.61. The highest BCUT2D eigenvalue weighted by Gasteiger charge is 2.27. The van der Waals surface area contributed by atoms with Crippen LogP contribution in [0.1, 0.15) is 31.4 Å². The van der Waals surface area contributed by atoms with Gasteiger partial charge >= 0.3 is 5.97 Å². The third kappa shape index (κ3) is 4.46. The number of rotatable bonds is 5. The minimum atomic E-state index is -0.399. The van der Waals surface area contributed by atoms with Crippen LogP contribution in [0.15, 0.2) is 27.3 Å². The zero-order valence-corrected chi connectivity index (χ0v) is 13.5. The van der Waals surface area contributed by atoms with Gasteiger partial charge < -0.3 is 14.1 Å². The molecule has 1 aliphatic carbocycles. The number of esters is 1. The number of hydrogen-bond donors (Lipinski definition) is 0. The summed E-state index contributed by atoms with van der Waals surface area (Å²) in [6, 6.07) is 3.63. The molecule has 1 fully saturated rings. The SMILES string of the molecule is COC(=O)CN(C(=O)/C=C/c1ccc(Br)o1)C1CCCC1. The van der Waals surface area contributed by atoms with E-state index in [0.29, 0.717) is 10.4 Å². The molecular weight excluding hydrogens is 338 g/mol. The van der Waals surface area contributed by atoms with E-state index in [9.17, 15) is 9.59 Å². The average Bonchev–Trinajstić information content (AvgIpc) is 3.13. The molecular formula is C15H18BrNO4. The van der Waals surface area contributed by atoms with E-state index >= 15 is 0 Å². The van der Waals surface area contributed by atoms with Gasteiger partial charge in [-0.2, -0.15) is 0 Å². The van der Waals surface area contributed by atoms with Crippen LogP contribution in [0.2, 0.25) is 0 Å². The molecule has 1 saturated carbocycles. The molecule has 0 unspecified atom stereocenters. The van der Waals surface area contributed by atoms with Crippen LogP contribution in [0, 0.1) is 0 Å². The first kappa shape index (κ1) is 15.8. The third-order valence-corrected chi connectivity index (χ3v) is 3.99. The number of furan rings is 1. The average molecular weight is 356 g/mol. The van der Waals surface area contributed by atoms with Crippen molar-refractivity contribution in [3.8, 4) is 0 Å². The molecule has 0 aromatic carbocycles. The second kappa shape index (κ2) is 7.45.